The summed E-state index contributed by atoms with van der Waals surface area (Å²) in [5.74, 6) is -0.647. The Hall–Kier alpha value is -2.99. The summed E-state index contributed by atoms with van der Waals surface area (Å²) in [5, 5.41) is 14.2. The second-order valence-corrected chi connectivity index (χ2v) is 8.02. The number of hydrogen-bond donors (Lipinski definition) is 2. The van der Waals surface area contributed by atoms with Crippen LogP contribution in [0.1, 0.15) is 42.4 Å². The van der Waals surface area contributed by atoms with Gasteiger partial charge in [-0.1, -0.05) is 0 Å². The quantitative estimate of drug-likeness (QED) is 0.738. The lowest BCUT2D eigenvalue weighted by atomic mass is 10.1. The predicted octanol–water partition coefficient (Wildman–Crippen LogP) is 3.29. The fourth-order valence-electron chi connectivity index (χ4n) is 2.73. The van der Waals surface area contributed by atoms with Crippen molar-refractivity contribution in [1.29, 1.82) is 5.26 Å². The van der Waals surface area contributed by atoms with Crippen molar-refractivity contribution in [3.05, 3.63) is 28.3 Å². The number of anilines is 1. The second-order valence-electron chi connectivity index (χ2n) is 7.10. The summed E-state index contributed by atoms with van der Waals surface area (Å²) in [5.41, 5.74) is 7.35. The van der Waals surface area contributed by atoms with Gasteiger partial charge in [0.1, 0.15) is 17.2 Å². The van der Waals surface area contributed by atoms with Gasteiger partial charge in [0, 0.05) is 13.1 Å². The number of aryl methyl sites for hydroxylation is 1. The molecule has 0 fully saturated rings. The average molecular weight is 404 g/mol. The smallest absolute Gasteiger partial charge is 0.407 e. The third-order valence-corrected chi connectivity index (χ3v) is 4.90. The van der Waals surface area contributed by atoms with E-state index < -0.39 is 17.7 Å². The zero-order valence-electron chi connectivity index (χ0n) is 16.6. The van der Waals surface area contributed by atoms with Gasteiger partial charge in [-0.15, -0.1) is 11.3 Å². The molecule has 0 saturated heterocycles. The van der Waals surface area contributed by atoms with E-state index in [-0.39, 0.29) is 30.0 Å². The zero-order chi connectivity index (χ0) is 21.1. The molecule has 0 saturated carbocycles. The van der Waals surface area contributed by atoms with Crippen LogP contribution in [-0.2, 0) is 16.0 Å². The maximum atomic E-state index is 12.3. The highest BCUT2D eigenvalue weighted by atomic mass is 32.1. The minimum atomic E-state index is -0.647. The molecule has 0 bridgehead atoms. The number of ether oxygens (including phenoxy) is 2. The third-order valence-electron chi connectivity index (χ3n) is 3.87. The minimum absolute atomic E-state index is 0.0643. The van der Waals surface area contributed by atoms with Crippen LogP contribution in [-0.4, -0.2) is 35.9 Å². The van der Waals surface area contributed by atoms with Gasteiger partial charge in [0.05, 0.1) is 23.4 Å². The maximum absolute atomic E-state index is 12.3. The number of amides is 1. The molecule has 0 aliphatic heterocycles. The van der Waals surface area contributed by atoms with Crippen LogP contribution in [0.2, 0.25) is 0 Å². The molecule has 1 amide bonds. The van der Waals surface area contributed by atoms with Crippen molar-refractivity contribution in [2.24, 2.45) is 0 Å². The lowest BCUT2D eigenvalue weighted by molar-refractivity contribution is 0.0526. The zero-order valence-corrected chi connectivity index (χ0v) is 17.4. The summed E-state index contributed by atoms with van der Waals surface area (Å²) in [7, 11) is 1.25. The van der Waals surface area contributed by atoms with E-state index in [0.717, 1.165) is 10.4 Å². The number of rotatable bonds is 5. The van der Waals surface area contributed by atoms with E-state index in [1.54, 1.807) is 25.3 Å². The molecular weight excluding hydrogens is 380 g/mol. The standard InChI is InChI=1S/C19H24N4O4S/c1-11-6-9-28-16(11)14-12(10-20)13(21)15(17(24)26-5)23(14)8-7-22-18(25)27-19(2,3)4/h6,9H,7-8,21H2,1-5H3,(H,22,25). The predicted molar refractivity (Wildman–Crippen MR) is 107 cm³/mol. The number of carbonyl (C=O) groups is 2. The molecule has 0 aliphatic carbocycles. The number of nitrogens with one attached hydrogen (secondary N) is 1. The summed E-state index contributed by atoms with van der Waals surface area (Å²) in [6.07, 6.45) is -0.568. The van der Waals surface area contributed by atoms with Crippen LogP contribution in [0.25, 0.3) is 10.6 Å². The van der Waals surface area contributed by atoms with Gasteiger partial charge in [0.25, 0.3) is 0 Å². The molecule has 0 aliphatic rings. The van der Waals surface area contributed by atoms with Gasteiger partial charge in [-0.2, -0.15) is 5.26 Å². The molecular formula is C19H24N4O4S. The molecule has 2 aromatic rings. The van der Waals surface area contributed by atoms with Crippen LogP contribution in [0.5, 0.6) is 0 Å². The molecule has 0 radical (unpaired) electrons. The second kappa shape index (κ2) is 8.35. The highest BCUT2D eigenvalue weighted by Crippen LogP contribution is 2.38. The number of nitriles is 1. The first-order valence-electron chi connectivity index (χ1n) is 8.62. The number of nitrogen functional groups attached to an aromatic ring is 1. The van der Waals surface area contributed by atoms with Crippen LogP contribution in [0.15, 0.2) is 11.4 Å². The van der Waals surface area contributed by atoms with Gasteiger partial charge in [-0.05, 0) is 44.7 Å². The lowest BCUT2D eigenvalue weighted by Gasteiger charge is -2.20. The van der Waals surface area contributed by atoms with Crippen LogP contribution >= 0.6 is 11.3 Å². The Morgan fingerprint density at radius 3 is 2.57 bits per heavy atom. The molecule has 28 heavy (non-hydrogen) atoms. The Morgan fingerprint density at radius 1 is 1.39 bits per heavy atom. The minimum Gasteiger partial charge on any atom is -0.464 e. The Morgan fingerprint density at radius 2 is 2.07 bits per heavy atom. The first-order chi connectivity index (χ1) is 13.1. The van der Waals surface area contributed by atoms with Crippen LogP contribution < -0.4 is 11.1 Å². The number of esters is 1. The molecule has 2 rings (SSSR count). The van der Waals surface area contributed by atoms with Crippen molar-refractivity contribution in [3.63, 3.8) is 0 Å². The van der Waals surface area contributed by atoms with Crippen LogP contribution in [0.3, 0.4) is 0 Å². The van der Waals surface area contributed by atoms with Gasteiger partial charge < -0.3 is 25.1 Å². The maximum Gasteiger partial charge on any atom is 0.407 e. The van der Waals surface area contributed by atoms with Crippen LogP contribution in [0.4, 0.5) is 10.5 Å². The molecule has 0 atom stereocenters. The Kier molecular flexibility index (Phi) is 6.36. The van der Waals surface area contributed by atoms with Crippen molar-refractivity contribution in [1.82, 2.24) is 9.88 Å². The fraction of sp³-hybridized carbons (Fsp3) is 0.421. The summed E-state index contributed by atoms with van der Waals surface area (Å²) in [6.45, 7) is 7.61. The van der Waals surface area contributed by atoms with E-state index in [4.69, 9.17) is 15.2 Å². The summed E-state index contributed by atoms with van der Waals surface area (Å²) >= 11 is 1.44. The largest absolute Gasteiger partial charge is 0.464 e. The SMILES string of the molecule is COC(=O)c1c(N)c(C#N)c(-c2sccc2C)n1CCNC(=O)OC(C)(C)C. The molecule has 9 heteroatoms. The number of aromatic nitrogens is 1. The first kappa shape index (κ1) is 21.3. The topological polar surface area (TPSA) is 119 Å². The Labute approximate surface area is 167 Å². The number of hydrogen-bond acceptors (Lipinski definition) is 7. The number of thiophene rings is 1. The van der Waals surface area contributed by atoms with Gasteiger partial charge in [-0.25, -0.2) is 9.59 Å². The average Bonchev–Trinajstić information content (AvgIpc) is 3.13. The number of methoxy groups -OCH3 is 1. The lowest BCUT2D eigenvalue weighted by Crippen LogP contribution is -2.34. The number of nitrogens with two attached hydrogens (primary N) is 1. The summed E-state index contributed by atoms with van der Waals surface area (Å²) < 4.78 is 11.7. The van der Waals surface area contributed by atoms with Crippen molar-refractivity contribution in [2.45, 2.75) is 39.8 Å². The van der Waals surface area contributed by atoms with Crippen molar-refractivity contribution < 1.29 is 19.1 Å². The molecule has 2 aromatic heterocycles. The van der Waals surface area contributed by atoms with E-state index in [0.29, 0.717) is 5.69 Å². The van der Waals surface area contributed by atoms with E-state index in [9.17, 15) is 14.9 Å². The fourth-order valence-corrected chi connectivity index (χ4v) is 3.71. The van der Waals surface area contributed by atoms with Crippen LogP contribution in [0, 0.1) is 18.3 Å². The first-order valence-corrected chi connectivity index (χ1v) is 9.50. The molecule has 0 aromatic carbocycles. The van der Waals surface area contributed by atoms with Crippen molar-refractivity contribution >= 4 is 29.1 Å². The molecule has 0 spiro atoms. The molecule has 8 nitrogen and oxygen atoms in total. The van der Waals surface area contributed by atoms with Gasteiger partial charge in [-0.3, -0.25) is 0 Å². The van der Waals surface area contributed by atoms with Gasteiger partial charge >= 0.3 is 12.1 Å². The van der Waals surface area contributed by atoms with Gasteiger partial charge in [0.15, 0.2) is 5.69 Å². The molecule has 2 heterocycles. The molecule has 150 valence electrons. The number of alkyl carbamates (subject to hydrolysis) is 1. The van der Waals surface area contributed by atoms with Gasteiger partial charge in [0.2, 0.25) is 0 Å². The number of carbonyl (C=O) groups excluding carboxylic acids is 2. The Balaban J connectivity index is 2.43. The van der Waals surface area contributed by atoms with Crippen molar-refractivity contribution in [3.8, 4) is 16.6 Å². The van der Waals surface area contributed by atoms with E-state index in [1.165, 1.54) is 18.4 Å². The highest BCUT2D eigenvalue weighted by molar-refractivity contribution is 7.13. The van der Waals surface area contributed by atoms with E-state index in [2.05, 4.69) is 11.4 Å². The third kappa shape index (κ3) is 4.46. The monoisotopic (exact) mass is 404 g/mol. The molecule has 3 N–H and O–H groups in total. The molecule has 0 unspecified atom stereocenters. The van der Waals surface area contributed by atoms with Crippen molar-refractivity contribution in [2.75, 3.05) is 19.4 Å². The highest BCUT2D eigenvalue weighted by Gasteiger charge is 2.28. The number of nitrogens with zero attached hydrogens (tertiary/aromatic N) is 2. The normalized spacial score (nSPS) is 11.0. The summed E-state index contributed by atoms with van der Waals surface area (Å²) in [4.78, 5) is 25.1. The summed E-state index contributed by atoms with van der Waals surface area (Å²) in [6, 6.07) is 4.01. The van der Waals surface area contributed by atoms with E-state index >= 15 is 0 Å². The Bertz CT molecular complexity index is 931. The van der Waals surface area contributed by atoms with E-state index in [1.807, 2.05) is 18.4 Å².